The lowest BCUT2D eigenvalue weighted by Gasteiger charge is -2.13. The summed E-state index contributed by atoms with van der Waals surface area (Å²) in [5.74, 6) is 1.14. The molecule has 0 saturated carbocycles. The highest BCUT2D eigenvalue weighted by molar-refractivity contribution is 9.10. The van der Waals surface area contributed by atoms with Crippen molar-refractivity contribution in [2.45, 2.75) is 13.3 Å². The summed E-state index contributed by atoms with van der Waals surface area (Å²) in [4.78, 5) is 4.43. The Hall–Kier alpha value is -0.680. The van der Waals surface area contributed by atoms with Gasteiger partial charge in [-0.2, -0.15) is 0 Å². The number of pyridine rings is 1. The molecule has 2 N–H and O–H groups in total. The summed E-state index contributed by atoms with van der Waals surface area (Å²) in [5.41, 5.74) is 0.817. The van der Waals surface area contributed by atoms with Crippen molar-refractivity contribution in [2.24, 2.45) is 0 Å². The quantitative estimate of drug-likeness (QED) is 0.602. The Kier molecular flexibility index (Phi) is 5.99. The molecule has 0 unspecified atom stereocenters. The second-order valence-corrected chi connectivity index (χ2v) is 6.43. The molecule has 0 radical (unpaired) electrons. The largest absolute Gasteiger partial charge is 0.369 e. The molecule has 2 rings (SSSR count). The van der Waals surface area contributed by atoms with Gasteiger partial charge in [-0.1, -0.05) is 41.7 Å². The summed E-state index contributed by atoms with van der Waals surface area (Å²) >= 11 is 21.7. The Bertz CT molecular complexity index is 650. The van der Waals surface area contributed by atoms with Crippen LogP contribution in [0.5, 0.6) is 0 Å². The van der Waals surface area contributed by atoms with Crippen LogP contribution in [0.3, 0.4) is 0 Å². The summed E-state index contributed by atoms with van der Waals surface area (Å²) in [6.45, 7) is 2.86. The van der Waals surface area contributed by atoms with E-state index in [0.717, 1.165) is 23.1 Å². The van der Waals surface area contributed by atoms with Crippen LogP contribution in [0.2, 0.25) is 15.1 Å². The van der Waals surface area contributed by atoms with Gasteiger partial charge in [0.2, 0.25) is 0 Å². The molecule has 1 aromatic heterocycles. The Morgan fingerprint density at radius 3 is 2.48 bits per heavy atom. The molecule has 0 spiro atoms. The molecule has 0 fully saturated rings. The molecule has 3 nitrogen and oxygen atoms in total. The Morgan fingerprint density at radius 2 is 1.81 bits per heavy atom. The highest BCUT2D eigenvalue weighted by Crippen LogP contribution is 2.34. The predicted octanol–water partition coefficient (Wildman–Crippen LogP) is 6.37. The van der Waals surface area contributed by atoms with Crippen molar-refractivity contribution < 1.29 is 0 Å². The van der Waals surface area contributed by atoms with E-state index in [1.165, 1.54) is 0 Å². The zero-order valence-electron chi connectivity index (χ0n) is 11.2. The molecular formula is C14H13BrCl3N3. The van der Waals surface area contributed by atoms with Crippen molar-refractivity contribution in [3.63, 3.8) is 0 Å². The zero-order chi connectivity index (χ0) is 15.4. The van der Waals surface area contributed by atoms with E-state index in [1.807, 2.05) is 6.07 Å². The maximum absolute atomic E-state index is 6.19. The lowest BCUT2D eigenvalue weighted by molar-refractivity contribution is 0.970. The van der Waals surface area contributed by atoms with Gasteiger partial charge in [0.05, 0.1) is 15.7 Å². The molecule has 0 aliphatic carbocycles. The van der Waals surface area contributed by atoms with Gasteiger partial charge < -0.3 is 10.6 Å². The Morgan fingerprint density at radius 1 is 1.10 bits per heavy atom. The average molecular weight is 410 g/mol. The van der Waals surface area contributed by atoms with E-state index in [1.54, 1.807) is 18.2 Å². The minimum absolute atomic E-state index is 0.448. The first-order chi connectivity index (χ1) is 10.0. The van der Waals surface area contributed by atoms with E-state index in [2.05, 4.69) is 38.5 Å². The molecule has 0 atom stereocenters. The van der Waals surface area contributed by atoms with Crippen LogP contribution in [-0.2, 0) is 0 Å². The SMILES string of the molecule is CCCNc1nc(Nc2ccc(Cl)cc2Br)c(Cl)cc1Cl. The number of halogens is 4. The molecule has 0 aliphatic rings. The van der Waals surface area contributed by atoms with Crippen LogP contribution in [-0.4, -0.2) is 11.5 Å². The van der Waals surface area contributed by atoms with Crippen LogP contribution >= 0.6 is 50.7 Å². The summed E-state index contributed by atoms with van der Waals surface area (Å²) in [6, 6.07) is 7.09. The van der Waals surface area contributed by atoms with E-state index in [0.29, 0.717) is 26.7 Å². The van der Waals surface area contributed by atoms with E-state index < -0.39 is 0 Å². The topological polar surface area (TPSA) is 37.0 Å². The maximum Gasteiger partial charge on any atom is 0.151 e. The van der Waals surface area contributed by atoms with Crippen LogP contribution in [0.15, 0.2) is 28.7 Å². The Labute approximate surface area is 147 Å². The van der Waals surface area contributed by atoms with Gasteiger partial charge in [-0.25, -0.2) is 4.98 Å². The molecule has 7 heteroatoms. The number of nitrogens with one attached hydrogen (secondary N) is 2. The lowest BCUT2D eigenvalue weighted by atomic mass is 10.3. The standard InChI is InChI=1S/C14H13BrCl3N3/c1-2-5-19-13-10(17)7-11(18)14(21-13)20-12-4-3-8(16)6-9(12)15/h3-4,6-7H,2,5H2,1H3,(H2,19,20,21). The number of nitrogens with zero attached hydrogens (tertiary/aromatic N) is 1. The molecule has 0 saturated heterocycles. The van der Waals surface area contributed by atoms with E-state index in [-0.39, 0.29) is 0 Å². The molecule has 0 aliphatic heterocycles. The first-order valence-corrected chi connectivity index (χ1v) is 8.26. The molecule has 1 aromatic carbocycles. The molecular weight excluding hydrogens is 396 g/mol. The van der Waals surface area contributed by atoms with Crippen molar-refractivity contribution in [1.82, 2.24) is 4.98 Å². The number of hydrogen-bond donors (Lipinski definition) is 2. The minimum atomic E-state index is 0.448. The second kappa shape index (κ2) is 7.54. The Balaban J connectivity index is 2.30. The third-order valence-electron chi connectivity index (χ3n) is 2.66. The van der Waals surface area contributed by atoms with Gasteiger partial charge in [-0.3, -0.25) is 0 Å². The molecule has 112 valence electrons. The number of benzene rings is 1. The molecule has 0 amide bonds. The van der Waals surface area contributed by atoms with Gasteiger partial charge in [-0.15, -0.1) is 0 Å². The summed E-state index contributed by atoms with van der Waals surface area (Å²) in [6.07, 6.45) is 0.978. The van der Waals surface area contributed by atoms with Gasteiger partial charge in [0.25, 0.3) is 0 Å². The number of aromatic nitrogens is 1. The fourth-order valence-electron chi connectivity index (χ4n) is 1.64. The third kappa shape index (κ3) is 4.39. The van der Waals surface area contributed by atoms with Gasteiger partial charge in [0, 0.05) is 16.0 Å². The average Bonchev–Trinajstić information content (AvgIpc) is 2.43. The monoisotopic (exact) mass is 407 g/mol. The van der Waals surface area contributed by atoms with E-state index in [4.69, 9.17) is 34.8 Å². The van der Waals surface area contributed by atoms with Crippen molar-refractivity contribution >= 4 is 68.1 Å². The second-order valence-electron chi connectivity index (χ2n) is 4.33. The smallest absolute Gasteiger partial charge is 0.151 e. The van der Waals surface area contributed by atoms with Crippen molar-refractivity contribution in [2.75, 3.05) is 17.2 Å². The highest BCUT2D eigenvalue weighted by atomic mass is 79.9. The fraction of sp³-hybridized carbons (Fsp3) is 0.214. The summed E-state index contributed by atoms with van der Waals surface area (Å²) in [7, 11) is 0. The van der Waals surface area contributed by atoms with Crippen LogP contribution in [0, 0.1) is 0 Å². The van der Waals surface area contributed by atoms with Crippen LogP contribution < -0.4 is 10.6 Å². The zero-order valence-corrected chi connectivity index (χ0v) is 15.0. The molecule has 1 heterocycles. The van der Waals surface area contributed by atoms with Gasteiger partial charge >= 0.3 is 0 Å². The molecule has 0 bridgehead atoms. The van der Waals surface area contributed by atoms with Gasteiger partial charge in [0.15, 0.2) is 5.82 Å². The molecule has 21 heavy (non-hydrogen) atoms. The lowest BCUT2D eigenvalue weighted by Crippen LogP contribution is -2.05. The first-order valence-electron chi connectivity index (χ1n) is 6.33. The van der Waals surface area contributed by atoms with Crippen LogP contribution in [0.4, 0.5) is 17.3 Å². The van der Waals surface area contributed by atoms with Gasteiger partial charge in [0.1, 0.15) is 5.82 Å². The molecule has 2 aromatic rings. The summed E-state index contributed by atoms with van der Waals surface area (Å²) < 4.78 is 0.825. The van der Waals surface area contributed by atoms with E-state index >= 15 is 0 Å². The normalized spacial score (nSPS) is 10.5. The van der Waals surface area contributed by atoms with Crippen LogP contribution in [0.25, 0.3) is 0 Å². The fourth-order valence-corrected chi connectivity index (χ4v) is 2.89. The van der Waals surface area contributed by atoms with Crippen molar-refractivity contribution in [1.29, 1.82) is 0 Å². The predicted molar refractivity (Wildman–Crippen MR) is 95.5 cm³/mol. The first kappa shape index (κ1) is 16.7. The minimum Gasteiger partial charge on any atom is -0.369 e. The van der Waals surface area contributed by atoms with Crippen LogP contribution in [0.1, 0.15) is 13.3 Å². The third-order valence-corrected chi connectivity index (χ3v) is 4.12. The van der Waals surface area contributed by atoms with Crippen molar-refractivity contribution in [3.8, 4) is 0 Å². The summed E-state index contributed by atoms with van der Waals surface area (Å²) in [5, 5.41) is 7.92. The number of anilines is 3. The number of rotatable bonds is 5. The number of hydrogen-bond acceptors (Lipinski definition) is 3. The van der Waals surface area contributed by atoms with E-state index in [9.17, 15) is 0 Å². The van der Waals surface area contributed by atoms with Gasteiger partial charge in [-0.05, 0) is 46.6 Å². The van der Waals surface area contributed by atoms with Crippen molar-refractivity contribution in [3.05, 3.63) is 43.8 Å². The maximum atomic E-state index is 6.19. The highest BCUT2D eigenvalue weighted by Gasteiger charge is 2.11.